The Hall–Kier alpha value is -0.310. The van der Waals surface area contributed by atoms with Gasteiger partial charge in [0, 0.05) is 13.6 Å². The molecule has 1 aliphatic rings. The van der Waals surface area contributed by atoms with Crippen LogP contribution in [0.3, 0.4) is 0 Å². The second-order valence-electron chi connectivity index (χ2n) is 3.99. The maximum atomic E-state index is 5.07. The second kappa shape index (κ2) is 4.80. The molecule has 0 aliphatic heterocycles. The standard InChI is InChI=1S/C10H20N2S/c1-3-10(6-4-5-7-10)8-12-9(13)11-2/h3-8H2,1-2H3,(H2,11,12,13). The fourth-order valence-electron chi connectivity index (χ4n) is 2.14. The molecule has 1 aliphatic carbocycles. The Labute approximate surface area is 86.5 Å². The van der Waals surface area contributed by atoms with Gasteiger partial charge in [-0.25, -0.2) is 0 Å². The molecule has 0 atom stereocenters. The SMILES string of the molecule is CCC1(CNC(=S)NC)CCCC1. The van der Waals surface area contributed by atoms with Crippen molar-refractivity contribution in [3.63, 3.8) is 0 Å². The summed E-state index contributed by atoms with van der Waals surface area (Å²) in [5.41, 5.74) is 0.529. The van der Waals surface area contributed by atoms with Gasteiger partial charge in [0.25, 0.3) is 0 Å². The van der Waals surface area contributed by atoms with E-state index in [1.807, 2.05) is 7.05 Å². The third-order valence-corrected chi connectivity index (χ3v) is 3.61. The molecule has 3 heteroatoms. The zero-order chi connectivity index (χ0) is 9.73. The van der Waals surface area contributed by atoms with Crippen molar-refractivity contribution in [3.05, 3.63) is 0 Å². The molecule has 0 radical (unpaired) electrons. The lowest BCUT2D eigenvalue weighted by Crippen LogP contribution is -2.39. The van der Waals surface area contributed by atoms with E-state index in [0.29, 0.717) is 5.41 Å². The van der Waals surface area contributed by atoms with E-state index in [-0.39, 0.29) is 0 Å². The molecule has 2 nitrogen and oxygen atoms in total. The van der Waals surface area contributed by atoms with Crippen molar-refractivity contribution in [2.24, 2.45) is 5.41 Å². The molecule has 0 unspecified atom stereocenters. The lowest BCUT2D eigenvalue weighted by molar-refractivity contribution is 0.284. The Morgan fingerprint density at radius 2 is 2.00 bits per heavy atom. The van der Waals surface area contributed by atoms with Crippen LogP contribution in [0.5, 0.6) is 0 Å². The van der Waals surface area contributed by atoms with Gasteiger partial charge in [-0.3, -0.25) is 0 Å². The molecule has 0 saturated heterocycles. The summed E-state index contributed by atoms with van der Waals surface area (Å²) in [6.07, 6.45) is 6.78. The fourth-order valence-corrected chi connectivity index (χ4v) is 2.21. The van der Waals surface area contributed by atoms with Crippen LogP contribution in [0.4, 0.5) is 0 Å². The summed E-state index contributed by atoms with van der Waals surface area (Å²) in [6, 6.07) is 0. The van der Waals surface area contributed by atoms with Crippen molar-refractivity contribution in [1.29, 1.82) is 0 Å². The predicted molar refractivity (Wildman–Crippen MR) is 60.9 cm³/mol. The van der Waals surface area contributed by atoms with Crippen LogP contribution in [-0.4, -0.2) is 18.7 Å². The Morgan fingerprint density at radius 1 is 1.38 bits per heavy atom. The third-order valence-electron chi connectivity index (χ3n) is 3.27. The molecule has 0 aromatic rings. The number of rotatable bonds is 3. The highest BCUT2D eigenvalue weighted by molar-refractivity contribution is 7.80. The Kier molecular flexibility index (Phi) is 3.97. The topological polar surface area (TPSA) is 24.1 Å². The van der Waals surface area contributed by atoms with Gasteiger partial charge >= 0.3 is 0 Å². The summed E-state index contributed by atoms with van der Waals surface area (Å²) in [7, 11) is 1.86. The van der Waals surface area contributed by atoms with Gasteiger partial charge < -0.3 is 10.6 Å². The van der Waals surface area contributed by atoms with Gasteiger partial charge in [0.15, 0.2) is 5.11 Å². The van der Waals surface area contributed by atoms with E-state index in [1.54, 1.807) is 0 Å². The molecule has 0 heterocycles. The average Bonchev–Trinajstić information content (AvgIpc) is 2.63. The Balaban J connectivity index is 2.35. The fraction of sp³-hybridized carbons (Fsp3) is 0.900. The van der Waals surface area contributed by atoms with E-state index in [9.17, 15) is 0 Å². The molecular formula is C10H20N2S. The van der Waals surface area contributed by atoms with Crippen molar-refractivity contribution in [1.82, 2.24) is 10.6 Å². The van der Waals surface area contributed by atoms with E-state index >= 15 is 0 Å². The van der Waals surface area contributed by atoms with Gasteiger partial charge in [-0.1, -0.05) is 19.8 Å². The first-order valence-electron chi connectivity index (χ1n) is 5.18. The summed E-state index contributed by atoms with van der Waals surface area (Å²) in [5, 5.41) is 7.01. The number of nitrogens with one attached hydrogen (secondary N) is 2. The van der Waals surface area contributed by atoms with Crippen LogP contribution in [0.2, 0.25) is 0 Å². The molecule has 1 rings (SSSR count). The number of thiocarbonyl (C=S) groups is 1. The second-order valence-corrected chi connectivity index (χ2v) is 4.40. The van der Waals surface area contributed by atoms with Crippen molar-refractivity contribution >= 4 is 17.3 Å². The van der Waals surface area contributed by atoms with Crippen LogP contribution < -0.4 is 10.6 Å². The molecule has 1 saturated carbocycles. The van der Waals surface area contributed by atoms with Crippen LogP contribution in [0, 0.1) is 5.41 Å². The monoisotopic (exact) mass is 200 g/mol. The molecule has 0 aromatic carbocycles. The summed E-state index contributed by atoms with van der Waals surface area (Å²) in [5.74, 6) is 0. The molecule has 76 valence electrons. The van der Waals surface area contributed by atoms with Gasteiger partial charge in [0.05, 0.1) is 0 Å². The zero-order valence-corrected chi connectivity index (χ0v) is 9.47. The maximum Gasteiger partial charge on any atom is 0.166 e. The minimum atomic E-state index is 0.529. The van der Waals surface area contributed by atoms with Gasteiger partial charge in [-0.15, -0.1) is 0 Å². The third kappa shape index (κ3) is 2.83. The van der Waals surface area contributed by atoms with E-state index < -0.39 is 0 Å². The van der Waals surface area contributed by atoms with E-state index in [0.717, 1.165) is 11.7 Å². The summed E-state index contributed by atoms with van der Waals surface area (Å²) in [6.45, 7) is 3.33. The lowest BCUT2D eigenvalue weighted by Gasteiger charge is -2.28. The van der Waals surface area contributed by atoms with E-state index in [1.165, 1.54) is 32.1 Å². The quantitative estimate of drug-likeness (QED) is 0.682. The van der Waals surface area contributed by atoms with Crippen molar-refractivity contribution in [2.45, 2.75) is 39.0 Å². The van der Waals surface area contributed by atoms with E-state index in [2.05, 4.69) is 17.6 Å². The van der Waals surface area contributed by atoms with Crippen molar-refractivity contribution in [3.8, 4) is 0 Å². The van der Waals surface area contributed by atoms with Crippen molar-refractivity contribution < 1.29 is 0 Å². The first kappa shape index (κ1) is 10.8. The van der Waals surface area contributed by atoms with E-state index in [4.69, 9.17) is 12.2 Å². The van der Waals surface area contributed by atoms with Crippen LogP contribution in [0.1, 0.15) is 39.0 Å². The minimum Gasteiger partial charge on any atom is -0.366 e. The summed E-state index contributed by atoms with van der Waals surface area (Å²) >= 11 is 5.07. The van der Waals surface area contributed by atoms with Gasteiger partial charge in [0.2, 0.25) is 0 Å². The number of hydrogen-bond acceptors (Lipinski definition) is 1. The molecule has 0 bridgehead atoms. The maximum absolute atomic E-state index is 5.07. The summed E-state index contributed by atoms with van der Waals surface area (Å²) in [4.78, 5) is 0. The largest absolute Gasteiger partial charge is 0.366 e. The lowest BCUT2D eigenvalue weighted by atomic mass is 9.83. The molecule has 1 fully saturated rings. The highest BCUT2D eigenvalue weighted by Crippen LogP contribution is 2.40. The van der Waals surface area contributed by atoms with Crippen LogP contribution in [0.25, 0.3) is 0 Å². The van der Waals surface area contributed by atoms with Gasteiger partial charge in [-0.2, -0.15) is 0 Å². The van der Waals surface area contributed by atoms with Gasteiger partial charge in [0.1, 0.15) is 0 Å². The van der Waals surface area contributed by atoms with Crippen molar-refractivity contribution in [2.75, 3.05) is 13.6 Å². The molecule has 2 N–H and O–H groups in total. The molecular weight excluding hydrogens is 180 g/mol. The number of hydrogen-bond donors (Lipinski definition) is 2. The van der Waals surface area contributed by atoms with Gasteiger partial charge in [-0.05, 0) is 36.9 Å². The van der Waals surface area contributed by atoms with Crippen LogP contribution in [0.15, 0.2) is 0 Å². The zero-order valence-electron chi connectivity index (χ0n) is 8.65. The highest BCUT2D eigenvalue weighted by atomic mass is 32.1. The molecule has 0 aromatic heterocycles. The Morgan fingerprint density at radius 3 is 2.46 bits per heavy atom. The van der Waals surface area contributed by atoms with Crippen LogP contribution in [-0.2, 0) is 0 Å². The molecule has 0 amide bonds. The minimum absolute atomic E-state index is 0.529. The predicted octanol–water partition coefficient (Wildman–Crippen LogP) is 2.05. The smallest absolute Gasteiger partial charge is 0.166 e. The molecule has 0 spiro atoms. The average molecular weight is 200 g/mol. The summed E-state index contributed by atoms with van der Waals surface area (Å²) < 4.78 is 0. The highest BCUT2D eigenvalue weighted by Gasteiger charge is 2.31. The first-order valence-corrected chi connectivity index (χ1v) is 5.59. The normalized spacial score (nSPS) is 19.8. The first-order chi connectivity index (χ1) is 6.22. The Bertz CT molecular complexity index is 174. The molecule has 13 heavy (non-hydrogen) atoms. The van der Waals surface area contributed by atoms with Crippen LogP contribution >= 0.6 is 12.2 Å².